The first kappa shape index (κ1) is 17.8. The summed E-state index contributed by atoms with van der Waals surface area (Å²) in [5.74, 6) is 0.205. The van der Waals surface area contributed by atoms with Gasteiger partial charge < -0.3 is 10.6 Å². The van der Waals surface area contributed by atoms with Crippen LogP contribution in [0.25, 0.3) is 10.8 Å². The normalized spacial score (nSPS) is 20.1. The lowest BCUT2D eigenvalue weighted by Gasteiger charge is -2.42. The number of amides is 1. The fraction of sp³-hybridized carbons (Fsp3) is 0.421. The van der Waals surface area contributed by atoms with Crippen molar-refractivity contribution < 1.29 is 4.79 Å². The molecule has 4 heteroatoms. The second-order valence-corrected chi connectivity index (χ2v) is 7.01. The molecule has 1 amide bonds. The maximum Gasteiger partial charge on any atom is 0.227 e. The van der Waals surface area contributed by atoms with Gasteiger partial charge in [0.1, 0.15) is 0 Å². The van der Waals surface area contributed by atoms with Gasteiger partial charge in [0, 0.05) is 19.1 Å². The molecule has 1 aliphatic rings. The molecule has 2 aromatic rings. The topological polar surface area (TPSA) is 46.3 Å². The molecular weight excluding hydrogens is 308 g/mol. The van der Waals surface area contributed by atoms with Crippen LogP contribution in [0.2, 0.25) is 0 Å². The molecule has 0 radical (unpaired) electrons. The molecule has 23 heavy (non-hydrogen) atoms. The van der Waals surface area contributed by atoms with Crippen molar-refractivity contribution >= 4 is 29.1 Å². The fourth-order valence-corrected chi connectivity index (χ4v) is 3.31. The number of nitrogens with zero attached hydrogens (tertiary/aromatic N) is 1. The molecule has 124 valence electrons. The van der Waals surface area contributed by atoms with Crippen molar-refractivity contribution in [1.29, 1.82) is 0 Å². The maximum absolute atomic E-state index is 12.7. The Bertz CT molecular complexity index is 693. The van der Waals surface area contributed by atoms with E-state index in [4.69, 9.17) is 5.73 Å². The second-order valence-electron chi connectivity index (χ2n) is 7.01. The highest BCUT2D eigenvalue weighted by molar-refractivity contribution is 5.90. The van der Waals surface area contributed by atoms with Crippen molar-refractivity contribution in [2.75, 3.05) is 13.1 Å². The van der Waals surface area contributed by atoms with Crippen molar-refractivity contribution in [1.82, 2.24) is 4.90 Å². The van der Waals surface area contributed by atoms with Gasteiger partial charge in [-0.3, -0.25) is 4.79 Å². The second kappa shape index (κ2) is 6.90. The Labute approximate surface area is 144 Å². The van der Waals surface area contributed by atoms with E-state index in [0.29, 0.717) is 6.42 Å². The lowest BCUT2D eigenvalue weighted by atomic mass is 9.79. The van der Waals surface area contributed by atoms with E-state index in [0.717, 1.165) is 25.1 Å². The molecule has 1 heterocycles. The molecule has 0 spiro atoms. The molecule has 3 nitrogen and oxygen atoms in total. The highest BCUT2D eigenvalue weighted by Crippen LogP contribution is 2.28. The first-order chi connectivity index (χ1) is 10.5. The number of hydrogen-bond donors (Lipinski definition) is 1. The van der Waals surface area contributed by atoms with Gasteiger partial charge in [-0.05, 0) is 28.2 Å². The monoisotopic (exact) mass is 332 g/mol. The summed E-state index contributed by atoms with van der Waals surface area (Å²) in [6.45, 7) is 5.82. The Kier molecular flexibility index (Phi) is 5.33. The average Bonchev–Trinajstić information content (AvgIpc) is 2.50. The molecule has 0 bridgehead atoms. The third kappa shape index (κ3) is 3.67. The van der Waals surface area contributed by atoms with E-state index in [-0.39, 0.29) is 29.8 Å². The summed E-state index contributed by atoms with van der Waals surface area (Å²) in [5.41, 5.74) is 7.26. The molecule has 1 atom stereocenters. The zero-order valence-corrected chi connectivity index (χ0v) is 14.6. The van der Waals surface area contributed by atoms with E-state index < -0.39 is 0 Å². The minimum Gasteiger partial charge on any atom is -0.342 e. The van der Waals surface area contributed by atoms with Crippen LogP contribution in [0, 0.1) is 5.41 Å². The van der Waals surface area contributed by atoms with Gasteiger partial charge in [-0.2, -0.15) is 0 Å². The minimum absolute atomic E-state index is 0. The van der Waals surface area contributed by atoms with Crippen LogP contribution in [0.3, 0.4) is 0 Å². The molecule has 1 fully saturated rings. The predicted octanol–water partition coefficient (Wildman–Crippen LogP) is 3.39. The number of fused-ring (bicyclic) bond motifs is 1. The summed E-state index contributed by atoms with van der Waals surface area (Å²) in [6, 6.07) is 14.6. The summed E-state index contributed by atoms with van der Waals surface area (Å²) in [6.07, 6.45) is 1.35. The number of piperidine rings is 1. The SMILES string of the molecule is CC1(C)CN(C(=O)Cc2cccc3ccccc23)CCC1N.Cl. The first-order valence-corrected chi connectivity index (χ1v) is 7.97. The zero-order valence-electron chi connectivity index (χ0n) is 13.8. The van der Waals surface area contributed by atoms with Gasteiger partial charge in [0.25, 0.3) is 0 Å². The molecule has 2 N–H and O–H groups in total. The van der Waals surface area contributed by atoms with Crippen LogP contribution < -0.4 is 5.73 Å². The largest absolute Gasteiger partial charge is 0.342 e. The van der Waals surface area contributed by atoms with Gasteiger partial charge in [-0.25, -0.2) is 0 Å². The smallest absolute Gasteiger partial charge is 0.227 e. The summed E-state index contributed by atoms with van der Waals surface area (Å²) >= 11 is 0. The number of likely N-dealkylation sites (tertiary alicyclic amines) is 1. The lowest BCUT2D eigenvalue weighted by molar-refractivity contribution is -0.133. The average molecular weight is 333 g/mol. The molecule has 0 aromatic heterocycles. The Morgan fingerprint density at radius 3 is 2.65 bits per heavy atom. The van der Waals surface area contributed by atoms with E-state index in [1.807, 2.05) is 23.1 Å². The predicted molar refractivity (Wildman–Crippen MR) is 97.9 cm³/mol. The highest BCUT2D eigenvalue weighted by atomic mass is 35.5. The number of nitrogens with two attached hydrogens (primary N) is 1. The Morgan fingerprint density at radius 1 is 1.22 bits per heavy atom. The van der Waals surface area contributed by atoms with Crippen LogP contribution >= 0.6 is 12.4 Å². The summed E-state index contributed by atoms with van der Waals surface area (Å²) in [5, 5.41) is 2.36. The van der Waals surface area contributed by atoms with Gasteiger partial charge in [0.15, 0.2) is 0 Å². The number of carbonyl (C=O) groups is 1. The Hall–Kier alpha value is -1.58. The van der Waals surface area contributed by atoms with Gasteiger partial charge >= 0.3 is 0 Å². The van der Waals surface area contributed by atoms with Gasteiger partial charge in [-0.15, -0.1) is 12.4 Å². The molecule has 2 aromatic carbocycles. The quantitative estimate of drug-likeness (QED) is 0.916. The van der Waals surface area contributed by atoms with Crippen molar-refractivity contribution in [3.05, 3.63) is 48.0 Å². The van der Waals surface area contributed by atoms with Crippen LogP contribution in [0.1, 0.15) is 25.8 Å². The Balaban J connectivity index is 0.00000192. The summed E-state index contributed by atoms with van der Waals surface area (Å²) < 4.78 is 0. The molecule has 3 rings (SSSR count). The van der Waals surface area contributed by atoms with Crippen molar-refractivity contribution in [2.45, 2.75) is 32.7 Å². The molecular formula is C19H25ClN2O. The minimum atomic E-state index is -0.00728. The van der Waals surface area contributed by atoms with Crippen molar-refractivity contribution in [3.63, 3.8) is 0 Å². The van der Waals surface area contributed by atoms with Crippen molar-refractivity contribution in [2.24, 2.45) is 11.1 Å². The third-order valence-electron chi connectivity index (χ3n) is 4.89. The van der Waals surface area contributed by atoms with Gasteiger partial charge in [0.05, 0.1) is 6.42 Å². The van der Waals surface area contributed by atoms with E-state index in [1.54, 1.807) is 0 Å². The zero-order chi connectivity index (χ0) is 15.7. The fourth-order valence-electron chi connectivity index (χ4n) is 3.31. The van der Waals surface area contributed by atoms with Crippen molar-refractivity contribution in [3.8, 4) is 0 Å². The molecule has 1 aliphatic heterocycles. The van der Waals surface area contributed by atoms with Crippen LogP contribution in [0.15, 0.2) is 42.5 Å². The summed E-state index contributed by atoms with van der Waals surface area (Å²) in [4.78, 5) is 14.7. The molecule has 1 saturated heterocycles. The van der Waals surface area contributed by atoms with Crippen LogP contribution in [-0.4, -0.2) is 29.9 Å². The first-order valence-electron chi connectivity index (χ1n) is 7.97. The number of halogens is 1. The Morgan fingerprint density at radius 2 is 1.91 bits per heavy atom. The highest BCUT2D eigenvalue weighted by Gasteiger charge is 2.35. The van der Waals surface area contributed by atoms with E-state index in [2.05, 4.69) is 38.1 Å². The van der Waals surface area contributed by atoms with Gasteiger partial charge in [0.2, 0.25) is 5.91 Å². The van der Waals surface area contributed by atoms with Crippen LogP contribution in [0.4, 0.5) is 0 Å². The van der Waals surface area contributed by atoms with E-state index in [9.17, 15) is 4.79 Å². The van der Waals surface area contributed by atoms with E-state index in [1.165, 1.54) is 10.8 Å². The molecule has 1 unspecified atom stereocenters. The summed E-state index contributed by atoms with van der Waals surface area (Å²) in [7, 11) is 0. The number of carbonyl (C=O) groups excluding carboxylic acids is 1. The standard InChI is InChI=1S/C19H24N2O.ClH/c1-19(2)13-21(11-10-17(19)20)18(22)12-15-8-5-7-14-6-3-4-9-16(14)15;/h3-9,17H,10-13,20H2,1-2H3;1H. The number of hydrogen-bond acceptors (Lipinski definition) is 2. The lowest BCUT2D eigenvalue weighted by Crippen LogP contribution is -2.54. The third-order valence-corrected chi connectivity index (χ3v) is 4.89. The van der Waals surface area contributed by atoms with Gasteiger partial charge in [-0.1, -0.05) is 56.3 Å². The maximum atomic E-state index is 12.7. The van der Waals surface area contributed by atoms with Crippen LogP contribution in [-0.2, 0) is 11.2 Å². The number of rotatable bonds is 2. The number of benzene rings is 2. The molecule has 0 saturated carbocycles. The van der Waals surface area contributed by atoms with Crippen LogP contribution in [0.5, 0.6) is 0 Å². The molecule has 0 aliphatic carbocycles. The van der Waals surface area contributed by atoms with E-state index >= 15 is 0 Å².